The molecule has 1 aromatic rings. The molecule has 0 saturated heterocycles. The summed E-state index contributed by atoms with van der Waals surface area (Å²) in [7, 11) is 1.74. The van der Waals surface area contributed by atoms with Crippen LogP contribution in [0.2, 0.25) is 0 Å². The Hall–Kier alpha value is -1.02. The number of nitrogens with one attached hydrogen (secondary N) is 1. The minimum atomic E-state index is 0.200. The van der Waals surface area contributed by atoms with Crippen molar-refractivity contribution in [1.82, 2.24) is 5.32 Å². The van der Waals surface area contributed by atoms with Crippen LogP contribution in [0.5, 0.6) is 5.75 Å². The van der Waals surface area contributed by atoms with Gasteiger partial charge in [-0.3, -0.25) is 0 Å². The van der Waals surface area contributed by atoms with Crippen LogP contribution in [0.3, 0.4) is 0 Å². The van der Waals surface area contributed by atoms with Crippen molar-refractivity contribution in [3.63, 3.8) is 0 Å². The highest BCUT2D eigenvalue weighted by molar-refractivity contribution is 5.28. The SMILES string of the molecule is COc1cccc(CC(CNC(C)(C)C)C2CCCC2)c1. The van der Waals surface area contributed by atoms with Gasteiger partial charge < -0.3 is 10.1 Å². The molecule has 0 heterocycles. The molecule has 1 fully saturated rings. The van der Waals surface area contributed by atoms with E-state index < -0.39 is 0 Å². The van der Waals surface area contributed by atoms with Crippen LogP contribution in [-0.4, -0.2) is 19.2 Å². The number of ether oxygens (including phenoxy) is 1. The van der Waals surface area contributed by atoms with E-state index in [0.29, 0.717) is 0 Å². The lowest BCUT2D eigenvalue weighted by atomic mass is 9.85. The molecule has 1 aliphatic carbocycles. The van der Waals surface area contributed by atoms with Gasteiger partial charge in [0.05, 0.1) is 7.11 Å². The maximum Gasteiger partial charge on any atom is 0.119 e. The molecule has 2 nitrogen and oxygen atoms in total. The first-order chi connectivity index (χ1) is 9.98. The minimum absolute atomic E-state index is 0.200. The second kappa shape index (κ2) is 7.31. The normalized spacial score (nSPS) is 17.9. The Kier molecular flexibility index (Phi) is 5.69. The fraction of sp³-hybridized carbons (Fsp3) is 0.684. The van der Waals surface area contributed by atoms with E-state index in [1.54, 1.807) is 7.11 Å². The van der Waals surface area contributed by atoms with Gasteiger partial charge >= 0.3 is 0 Å². The minimum Gasteiger partial charge on any atom is -0.497 e. The van der Waals surface area contributed by atoms with E-state index in [9.17, 15) is 0 Å². The Bertz CT molecular complexity index is 429. The zero-order valence-electron chi connectivity index (χ0n) is 14.1. The Morgan fingerprint density at radius 2 is 1.95 bits per heavy atom. The molecule has 0 amide bonds. The van der Waals surface area contributed by atoms with Crippen LogP contribution in [0.1, 0.15) is 52.0 Å². The summed E-state index contributed by atoms with van der Waals surface area (Å²) in [4.78, 5) is 0. The summed E-state index contributed by atoms with van der Waals surface area (Å²) in [5, 5.41) is 3.72. The average molecular weight is 289 g/mol. The van der Waals surface area contributed by atoms with Gasteiger partial charge in [0.1, 0.15) is 5.75 Å². The predicted molar refractivity (Wildman–Crippen MR) is 89.9 cm³/mol. The van der Waals surface area contributed by atoms with E-state index in [4.69, 9.17) is 4.74 Å². The summed E-state index contributed by atoms with van der Waals surface area (Å²) in [5.74, 6) is 2.59. The van der Waals surface area contributed by atoms with Crippen molar-refractivity contribution in [3.05, 3.63) is 29.8 Å². The van der Waals surface area contributed by atoms with E-state index >= 15 is 0 Å². The molecular formula is C19H31NO. The Morgan fingerprint density at radius 1 is 1.24 bits per heavy atom. The monoisotopic (exact) mass is 289 g/mol. The third kappa shape index (κ3) is 5.35. The number of hydrogen-bond donors (Lipinski definition) is 1. The second-order valence-corrected chi connectivity index (χ2v) is 7.49. The molecule has 2 heteroatoms. The van der Waals surface area contributed by atoms with Gasteiger partial charge in [-0.2, -0.15) is 0 Å². The van der Waals surface area contributed by atoms with E-state index in [1.165, 1.54) is 31.2 Å². The molecule has 1 atom stereocenters. The van der Waals surface area contributed by atoms with Crippen molar-refractivity contribution in [2.75, 3.05) is 13.7 Å². The van der Waals surface area contributed by atoms with Gasteiger partial charge in [0, 0.05) is 5.54 Å². The molecule has 0 spiro atoms. The largest absolute Gasteiger partial charge is 0.497 e. The van der Waals surface area contributed by atoms with E-state index in [-0.39, 0.29) is 5.54 Å². The third-order valence-electron chi connectivity index (χ3n) is 4.59. The summed E-state index contributed by atoms with van der Waals surface area (Å²) >= 11 is 0. The summed E-state index contributed by atoms with van der Waals surface area (Å²) < 4.78 is 5.36. The molecule has 0 aliphatic heterocycles. The van der Waals surface area contributed by atoms with Crippen LogP contribution in [0.15, 0.2) is 24.3 Å². The summed E-state index contributed by atoms with van der Waals surface area (Å²) in [6.45, 7) is 7.88. The summed E-state index contributed by atoms with van der Waals surface area (Å²) in [6, 6.07) is 8.57. The summed E-state index contributed by atoms with van der Waals surface area (Å²) in [5.41, 5.74) is 1.60. The number of benzene rings is 1. The number of hydrogen-bond acceptors (Lipinski definition) is 2. The predicted octanol–water partition coefficient (Wildman–Crippen LogP) is 4.43. The first-order valence-electron chi connectivity index (χ1n) is 8.36. The van der Waals surface area contributed by atoms with Crippen LogP contribution >= 0.6 is 0 Å². The topological polar surface area (TPSA) is 21.3 Å². The molecule has 1 N–H and O–H groups in total. The van der Waals surface area contributed by atoms with Crippen LogP contribution in [0, 0.1) is 11.8 Å². The summed E-state index contributed by atoms with van der Waals surface area (Å²) in [6.07, 6.45) is 6.79. The molecule has 0 radical (unpaired) electrons. The van der Waals surface area contributed by atoms with E-state index in [1.807, 2.05) is 6.07 Å². The molecular weight excluding hydrogens is 258 g/mol. The van der Waals surface area contributed by atoms with Crippen molar-refractivity contribution in [2.45, 2.75) is 58.4 Å². The highest BCUT2D eigenvalue weighted by Gasteiger charge is 2.26. The third-order valence-corrected chi connectivity index (χ3v) is 4.59. The Balaban J connectivity index is 2.03. The molecule has 1 saturated carbocycles. The maximum atomic E-state index is 5.36. The van der Waals surface area contributed by atoms with Crippen LogP contribution in [0.25, 0.3) is 0 Å². The zero-order valence-corrected chi connectivity index (χ0v) is 14.1. The first kappa shape index (κ1) is 16.4. The molecule has 1 aliphatic rings. The Morgan fingerprint density at radius 3 is 2.57 bits per heavy atom. The smallest absolute Gasteiger partial charge is 0.119 e. The molecule has 0 bridgehead atoms. The average Bonchev–Trinajstić information content (AvgIpc) is 2.96. The lowest BCUT2D eigenvalue weighted by molar-refractivity contribution is 0.286. The molecule has 1 aromatic carbocycles. The van der Waals surface area contributed by atoms with Gasteiger partial charge in [-0.05, 0) is 63.3 Å². The quantitative estimate of drug-likeness (QED) is 0.836. The van der Waals surface area contributed by atoms with Crippen molar-refractivity contribution >= 4 is 0 Å². The van der Waals surface area contributed by atoms with Gasteiger partial charge in [-0.25, -0.2) is 0 Å². The lowest BCUT2D eigenvalue weighted by Crippen LogP contribution is -2.41. The fourth-order valence-electron chi connectivity index (χ4n) is 3.37. The maximum absolute atomic E-state index is 5.36. The van der Waals surface area contributed by atoms with Gasteiger partial charge in [0.2, 0.25) is 0 Å². The van der Waals surface area contributed by atoms with Crippen molar-refractivity contribution in [2.24, 2.45) is 11.8 Å². The first-order valence-corrected chi connectivity index (χ1v) is 8.36. The molecule has 0 aromatic heterocycles. The van der Waals surface area contributed by atoms with Crippen molar-refractivity contribution in [1.29, 1.82) is 0 Å². The lowest BCUT2D eigenvalue weighted by Gasteiger charge is -2.29. The zero-order chi connectivity index (χ0) is 15.3. The van der Waals surface area contributed by atoms with Crippen LogP contribution < -0.4 is 10.1 Å². The van der Waals surface area contributed by atoms with E-state index in [2.05, 4.69) is 44.3 Å². The molecule has 118 valence electrons. The van der Waals surface area contributed by atoms with Crippen molar-refractivity contribution in [3.8, 4) is 5.75 Å². The highest BCUT2D eigenvalue weighted by atomic mass is 16.5. The van der Waals surface area contributed by atoms with E-state index in [0.717, 1.165) is 30.6 Å². The molecule has 2 rings (SSSR count). The van der Waals surface area contributed by atoms with Gasteiger partial charge in [-0.15, -0.1) is 0 Å². The number of rotatable bonds is 6. The Labute approximate surface area is 130 Å². The standard InChI is InChI=1S/C19H31NO/c1-19(2,3)20-14-17(16-9-5-6-10-16)12-15-8-7-11-18(13-15)21-4/h7-8,11,13,16-17,20H,5-6,9-10,12,14H2,1-4H3. The van der Waals surface area contributed by atoms with Gasteiger partial charge in [0.15, 0.2) is 0 Å². The van der Waals surface area contributed by atoms with Gasteiger partial charge in [0.25, 0.3) is 0 Å². The fourth-order valence-corrected chi connectivity index (χ4v) is 3.37. The van der Waals surface area contributed by atoms with Gasteiger partial charge in [-0.1, -0.05) is 37.8 Å². The highest BCUT2D eigenvalue weighted by Crippen LogP contribution is 2.33. The van der Waals surface area contributed by atoms with Crippen molar-refractivity contribution < 1.29 is 4.74 Å². The van der Waals surface area contributed by atoms with Crippen LogP contribution in [-0.2, 0) is 6.42 Å². The molecule has 21 heavy (non-hydrogen) atoms. The van der Waals surface area contributed by atoms with Crippen LogP contribution in [0.4, 0.5) is 0 Å². The second-order valence-electron chi connectivity index (χ2n) is 7.49. The molecule has 1 unspecified atom stereocenters. The number of methoxy groups -OCH3 is 1.